The number of halogens is 1. The lowest BCUT2D eigenvalue weighted by molar-refractivity contribution is 0.199. The average molecular weight is 268 g/mol. The molecular formula is C15H22ClNO. The molecule has 1 atom stereocenters. The zero-order valence-electron chi connectivity index (χ0n) is 11.0. The Morgan fingerprint density at radius 3 is 2.83 bits per heavy atom. The van der Waals surface area contributed by atoms with Crippen LogP contribution in [0.5, 0.6) is 5.75 Å². The molecule has 18 heavy (non-hydrogen) atoms. The minimum atomic E-state index is 0. The third kappa shape index (κ3) is 2.50. The zero-order chi connectivity index (χ0) is 11.7. The molecule has 100 valence electrons. The van der Waals surface area contributed by atoms with E-state index in [-0.39, 0.29) is 12.4 Å². The van der Waals surface area contributed by atoms with Gasteiger partial charge < -0.3 is 10.1 Å². The Labute approximate surface area is 116 Å². The van der Waals surface area contributed by atoms with Crippen LogP contribution < -0.4 is 10.1 Å². The maximum Gasteiger partial charge on any atom is 0.127 e. The van der Waals surface area contributed by atoms with Crippen LogP contribution in [0.25, 0.3) is 0 Å². The molecule has 3 heteroatoms. The second-order valence-electron chi connectivity index (χ2n) is 5.18. The average Bonchev–Trinajstić information content (AvgIpc) is 2.60. The second-order valence-corrected chi connectivity index (χ2v) is 5.18. The van der Waals surface area contributed by atoms with Gasteiger partial charge in [0.2, 0.25) is 0 Å². The SMILES string of the molecule is CC[C@@H]1CNCc2ccc3c(c2O1)CCCC3.Cl. The maximum atomic E-state index is 6.24. The second kappa shape index (κ2) is 5.94. The van der Waals surface area contributed by atoms with Gasteiger partial charge in [0.05, 0.1) is 0 Å². The van der Waals surface area contributed by atoms with Crippen molar-refractivity contribution in [2.45, 2.75) is 51.7 Å². The van der Waals surface area contributed by atoms with E-state index in [1.54, 1.807) is 0 Å². The van der Waals surface area contributed by atoms with E-state index >= 15 is 0 Å². The fraction of sp³-hybridized carbons (Fsp3) is 0.600. The van der Waals surface area contributed by atoms with Crippen LogP contribution in [0.3, 0.4) is 0 Å². The summed E-state index contributed by atoms with van der Waals surface area (Å²) in [6, 6.07) is 4.56. The summed E-state index contributed by atoms with van der Waals surface area (Å²) in [7, 11) is 0. The smallest absolute Gasteiger partial charge is 0.127 e. The van der Waals surface area contributed by atoms with Crippen molar-refractivity contribution in [3.8, 4) is 5.75 Å². The van der Waals surface area contributed by atoms with Crippen molar-refractivity contribution < 1.29 is 4.74 Å². The topological polar surface area (TPSA) is 21.3 Å². The van der Waals surface area contributed by atoms with E-state index in [1.165, 1.54) is 48.1 Å². The summed E-state index contributed by atoms with van der Waals surface area (Å²) in [5.41, 5.74) is 4.37. The Bertz CT molecular complexity index is 419. The normalized spacial score (nSPS) is 21.9. The first-order chi connectivity index (χ1) is 8.38. The van der Waals surface area contributed by atoms with Gasteiger partial charge >= 0.3 is 0 Å². The lowest BCUT2D eigenvalue weighted by Crippen LogP contribution is -2.27. The van der Waals surface area contributed by atoms with E-state index in [2.05, 4.69) is 24.4 Å². The van der Waals surface area contributed by atoms with Crippen LogP contribution in [0.2, 0.25) is 0 Å². The predicted octanol–water partition coefficient (Wildman–Crippen LogP) is 3.25. The Kier molecular flexibility index (Phi) is 4.52. The molecule has 1 aromatic carbocycles. The van der Waals surface area contributed by atoms with E-state index in [0.717, 1.165) is 19.5 Å². The van der Waals surface area contributed by atoms with Crippen molar-refractivity contribution in [1.82, 2.24) is 5.32 Å². The van der Waals surface area contributed by atoms with E-state index in [1.807, 2.05) is 0 Å². The third-order valence-corrected chi connectivity index (χ3v) is 3.99. The van der Waals surface area contributed by atoms with Gasteiger partial charge in [-0.05, 0) is 43.2 Å². The lowest BCUT2D eigenvalue weighted by atomic mass is 9.89. The molecule has 2 nitrogen and oxygen atoms in total. The number of ether oxygens (including phenoxy) is 1. The van der Waals surface area contributed by atoms with E-state index in [9.17, 15) is 0 Å². The molecule has 2 aliphatic rings. The van der Waals surface area contributed by atoms with Crippen molar-refractivity contribution in [2.75, 3.05) is 6.54 Å². The van der Waals surface area contributed by atoms with Crippen molar-refractivity contribution in [3.63, 3.8) is 0 Å². The van der Waals surface area contributed by atoms with Crippen LogP contribution in [0, 0.1) is 0 Å². The summed E-state index contributed by atoms with van der Waals surface area (Å²) in [4.78, 5) is 0. The van der Waals surface area contributed by atoms with Gasteiger partial charge in [-0.25, -0.2) is 0 Å². The van der Waals surface area contributed by atoms with Crippen molar-refractivity contribution in [1.29, 1.82) is 0 Å². The molecule has 0 radical (unpaired) electrons. The van der Waals surface area contributed by atoms with Crippen LogP contribution in [-0.4, -0.2) is 12.6 Å². The van der Waals surface area contributed by atoms with Gasteiger partial charge in [0.25, 0.3) is 0 Å². The van der Waals surface area contributed by atoms with Crippen molar-refractivity contribution >= 4 is 12.4 Å². The molecule has 1 aliphatic heterocycles. The zero-order valence-corrected chi connectivity index (χ0v) is 11.8. The fourth-order valence-corrected chi connectivity index (χ4v) is 2.93. The molecule has 0 saturated carbocycles. The highest BCUT2D eigenvalue weighted by Gasteiger charge is 2.22. The summed E-state index contributed by atoms with van der Waals surface area (Å²) >= 11 is 0. The van der Waals surface area contributed by atoms with Gasteiger partial charge in [0.1, 0.15) is 11.9 Å². The molecule has 0 bridgehead atoms. The monoisotopic (exact) mass is 267 g/mol. The summed E-state index contributed by atoms with van der Waals surface area (Å²) in [5, 5.41) is 3.49. The number of fused-ring (bicyclic) bond motifs is 3. The third-order valence-electron chi connectivity index (χ3n) is 3.99. The first kappa shape index (κ1) is 13.7. The highest BCUT2D eigenvalue weighted by Crippen LogP contribution is 2.34. The number of rotatable bonds is 1. The number of aryl methyl sites for hydroxylation is 1. The molecular weight excluding hydrogens is 246 g/mol. The molecule has 1 heterocycles. The van der Waals surface area contributed by atoms with Gasteiger partial charge in [-0.15, -0.1) is 12.4 Å². The molecule has 1 N–H and O–H groups in total. The lowest BCUT2D eigenvalue weighted by Gasteiger charge is -2.23. The van der Waals surface area contributed by atoms with Crippen LogP contribution in [-0.2, 0) is 19.4 Å². The van der Waals surface area contributed by atoms with Crippen LogP contribution >= 0.6 is 12.4 Å². The molecule has 0 aromatic heterocycles. The highest BCUT2D eigenvalue weighted by molar-refractivity contribution is 5.85. The number of nitrogens with one attached hydrogen (secondary N) is 1. The van der Waals surface area contributed by atoms with E-state index in [0.29, 0.717) is 6.10 Å². The summed E-state index contributed by atoms with van der Waals surface area (Å²) < 4.78 is 6.24. The van der Waals surface area contributed by atoms with Crippen LogP contribution in [0.15, 0.2) is 12.1 Å². The van der Waals surface area contributed by atoms with Crippen molar-refractivity contribution in [2.24, 2.45) is 0 Å². The largest absolute Gasteiger partial charge is 0.488 e. The summed E-state index contributed by atoms with van der Waals surface area (Å²) in [6.45, 7) is 4.13. The van der Waals surface area contributed by atoms with Gasteiger partial charge in [0, 0.05) is 18.7 Å². The highest BCUT2D eigenvalue weighted by atomic mass is 35.5. The number of benzene rings is 1. The molecule has 1 aromatic rings. The molecule has 0 saturated heterocycles. The summed E-state index contributed by atoms with van der Waals surface area (Å²) in [6.07, 6.45) is 6.50. The van der Waals surface area contributed by atoms with Crippen LogP contribution in [0.4, 0.5) is 0 Å². The molecule has 0 fully saturated rings. The molecule has 3 rings (SSSR count). The molecule has 0 unspecified atom stereocenters. The molecule has 1 aliphatic carbocycles. The minimum absolute atomic E-state index is 0. The van der Waals surface area contributed by atoms with Gasteiger partial charge in [-0.3, -0.25) is 0 Å². The molecule has 0 spiro atoms. The number of hydrogen-bond donors (Lipinski definition) is 1. The number of hydrogen-bond acceptors (Lipinski definition) is 2. The first-order valence-electron chi connectivity index (χ1n) is 6.89. The Balaban J connectivity index is 0.00000120. The van der Waals surface area contributed by atoms with E-state index in [4.69, 9.17) is 4.74 Å². The quantitative estimate of drug-likeness (QED) is 0.843. The van der Waals surface area contributed by atoms with Gasteiger partial charge in [0.15, 0.2) is 0 Å². The maximum absolute atomic E-state index is 6.24. The van der Waals surface area contributed by atoms with Crippen molar-refractivity contribution in [3.05, 3.63) is 28.8 Å². The minimum Gasteiger partial charge on any atom is -0.488 e. The fourth-order valence-electron chi connectivity index (χ4n) is 2.93. The Hall–Kier alpha value is -0.730. The first-order valence-corrected chi connectivity index (χ1v) is 6.89. The Morgan fingerprint density at radius 2 is 2.00 bits per heavy atom. The van der Waals surface area contributed by atoms with Gasteiger partial charge in [-0.1, -0.05) is 19.1 Å². The standard InChI is InChI=1S/C15H21NO.ClH/c1-2-13-10-16-9-12-8-7-11-5-3-4-6-14(11)15(12)17-13;/h7-8,13,16H,2-6,9-10H2,1H3;1H/t13-;/m1./s1. The summed E-state index contributed by atoms with van der Waals surface area (Å²) in [5.74, 6) is 1.21. The Morgan fingerprint density at radius 1 is 1.22 bits per heavy atom. The van der Waals surface area contributed by atoms with E-state index < -0.39 is 0 Å². The predicted molar refractivity (Wildman–Crippen MR) is 76.7 cm³/mol. The van der Waals surface area contributed by atoms with Gasteiger partial charge in [-0.2, -0.15) is 0 Å². The molecule has 0 amide bonds. The van der Waals surface area contributed by atoms with Crippen LogP contribution in [0.1, 0.15) is 42.9 Å².